The fourth-order valence-corrected chi connectivity index (χ4v) is 4.07. The van der Waals surface area contributed by atoms with Crippen molar-refractivity contribution >= 4 is 23.1 Å². The number of hydrogen-bond donors (Lipinski definition) is 1. The van der Waals surface area contributed by atoms with Crippen LogP contribution in [-0.4, -0.2) is 18.8 Å². The summed E-state index contributed by atoms with van der Waals surface area (Å²) in [4.78, 5) is 27.5. The predicted octanol–water partition coefficient (Wildman–Crippen LogP) is 4.22. The fraction of sp³-hybridized carbons (Fsp3) is 0.273. The van der Waals surface area contributed by atoms with Crippen LogP contribution < -0.4 is 15.0 Å². The van der Waals surface area contributed by atoms with Crippen molar-refractivity contribution in [1.82, 2.24) is 0 Å². The Hall–Kier alpha value is -3.08. The third-order valence-electron chi connectivity index (χ3n) is 5.21. The molecule has 2 aromatic carbocycles. The van der Waals surface area contributed by atoms with Gasteiger partial charge >= 0.3 is 0 Å². The molecule has 0 fully saturated rings. The number of hydrogen-bond acceptors (Lipinski definition) is 4. The molecular weight excluding hydrogens is 340 g/mol. The molecule has 1 N–H and O–H groups in total. The van der Waals surface area contributed by atoms with Crippen LogP contribution in [-0.2, 0) is 9.59 Å². The summed E-state index contributed by atoms with van der Waals surface area (Å²) in [5.41, 5.74) is 3.99. The lowest BCUT2D eigenvalue weighted by molar-refractivity contribution is -0.117. The van der Waals surface area contributed by atoms with E-state index in [4.69, 9.17) is 4.74 Å². The summed E-state index contributed by atoms with van der Waals surface area (Å²) in [5, 5.41) is 3.44. The summed E-state index contributed by atoms with van der Waals surface area (Å²) in [6.07, 6.45) is 2.09. The van der Waals surface area contributed by atoms with Gasteiger partial charge in [-0.25, -0.2) is 0 Å². The van der Waals surface area contributed by atoms with E-state index in [0.29, 0.717) is 17.7 Å². The summed E-state index contributed by atoms with van der Waals surface area (Å²) in [7, 11) is 1.61. The Morgan fingerprint density at radius 1 is 1.11 bits per heavy atom. The number of carbonyl (C=O) groups excluding carboxylic acids is 2. The van der Waals surface area contributed by atoms with Crippen molar-refractivity contribution in [3.8, 4) is 5.75 Å². The molecule has 1 heterocycles. The lowest BCUT2D eigenvalue weighted by Gasteiger charge is -2.33. The van der Waals surface area contributed by atoms with Gasteiger partial charge in [-0.3, -0.25) is 14.5 Å². The van der Waals surface area contributed by atoms with Gasteiger partial charge in [0.05, 0.1) is 24.5 Å². The molecule has 5 nitrogen and oxygen atoms in total. The molecule has 27 heavy (non-hydrogen) atoms. The number of fused-ring (bicyclic) bond motifs is 1. The largest absolute Gasteiger partial charge is 0.496 e. The van der Waals surface area contributed by atoms with Crippen LogP contribution in [0.25, 0.3) is 0 Å². The monoisotopic (exact) mass is 362 g/mol. The number of carbonyl (C=O) groups is 2. The Morgan fingerprint density at radius 2 is 1.85 bits per heavy atom. The first kappa shape index (κ1) is 17.3. The molecule has 1 aliphatic carbocycles. The zero-order valence-electron chi connectivity index (χ0n) is 15.5. The van der Waals surface area contributed by atoms with Crippen LogP contribution in [0.2, 0.25) is 0 Å². The summed E-state index contributed by atoms with van der Waals surface area (Å²) < 4.78 is 5.58. The van der Waals surface area contributed by atoms with E-state index in [-0.39, 0.29) is 11.7 Å². The summed E-state index contributed by atoms with van der Waals surface area (Å²) in [6, 6.07) is 14.8. The number of amides is 1. The average Bonchev–Trinajstić information content (AvgIpc) is 2.82. The fourth-order valence-electron chi connectivity index (χ4n) is 4.07. The van der Waals surface area contributed by atoms with Crippen LogP contribution in [0.3, 0.4) is 0 Å². The van der Waals surface area contributed by atoms with E-state index in [1.165, 1.54) is 6.92 Å². The van der Waals surface area contributed by atoms with Crippen LogP contribution in [0.4, 0.5) is 11.4 Å². The van der Waals surface area contributed by atoms with E-state index in [1.54, 1.807) is 12.0 Å². The second kappa shape index (κ2) is 6.91. The second-order valence-electron chi connectivity index (χ2n) is 6.84. The lowest BCUT2D eigenvalue weighted by Crippen LogP contribution is -2.36. The van der Waals surface area contributed by atoms with Gasteiger partial charge < -0.3 is 10.1 Å². The molecule has 1 unspecified atom stereocenters. The quantitative estimate of drug-likeness (QED) is 0.869. The lowest BCUT2D eigenvalue weighted by atomic mass is 9.85. The third kappa shape index (κ3) is 2.89. The molecule has 138 valence electrons. The van der Waals surface area contributed by atoms with Crippen LogP contribution in [0.15, 0.2) is 59.8 Å². The van der Waals surface area contributed by atoms with Crippen molar-refractivity contribution in [1.29, 1.82) is 0 Å². The molecule has 0 saturated carbocycles. The molecular formula is C22H22N2O3. The molecule has 1 atom stereocenters. The molecule has 4 rings (SSSR count). The van der Waals surface area contributed by atoms with Crippen molar-refractivity contribution in [2.75, 3.05) is 17.3 Å². The molecule has 1 aliphatic heterocycles. The van der Waals surface area contributed by atoms with Crippen molar-refractivity contribution in [2.45, 2.75) is 32.2 Å². The highest BCUT2D eigenvalue weighted by Crippen LogP contribution is 2.46. The molecule has 2 aromatic rings. The standard InChI is InChI=1S/C22H22N2O3/c1-14(25)24-18-11-5-4-9-16(18)23-17-10-7-12-19(26)21(17)22(24)15-8-3-6-13-20(15)27-2/h3-6,8-9,11,13,22-23H,7,10,12H2,1-2H3. The van der Waals surface area contributed by atoms with Crippen LogP contribution in [0, 0.1) is 0 Å². The highest BCUT2D eigenvalue weighted by atomic mass is 16.5. The second-order valence-corrected chi connectivity index (χ2v) is 6.84. The molecule has 2 aliphatic rings. The average molecular weight is 362 g/mol. The number of allylic oxidation sites excluding steroid dienone is 1. The Kier molecular flexibility index (Phi) is 4.44. The highest BCUT2D eigenvalue weighted by Gasteiger charge is 2.39. The first-order chi connectivity index (χ1) is 13.1. The maximum atomic E-state index is 13.0. The molecule has 5 heteroatoms. The van der Waals surface area contributed by atoms with E-state index < -0.39 is 6.04 Å². The number of ether oxygens (including phenoxy) is 1. The minimum Gasteiger partial charge on any atom is -0.496 e. The van der Waals surface area contributed by atoms with Gasteiger partial charge in [-0.2, -0.15) is 0 Å². The van der Waals surface area contributed by atoms with E-state index >= 15 is 0 Å². The van der Waals surface area contributed by atoms with Crippen molar-refractivity contribution in [2.24, 2.45) is 0 Å². The van der Waals surface area contributed by atoms with E-state index in [0.717, 1.165) is 35.5 Å². The minimum atomic E-state index is -0.516. The van der Waals surface area contributed by atoms with Crippen LogP contribution in [0.5, 0.6) is 5.75 Å². The number of nitrogens with one attached hydrogen (secondary N) is 1. The van der Waals surface area contributed by atoms with Gasteiger partial charge in [-0.1, -0.05) is 30.3 Å². The number of para-hydroxylation sites is 3. The topological polar surface area (TPSA) is 58.6 Å². The summed E-state index contributed by atoms with van der Waals surface area (Å²) in [5.74, 6) is 0.629. The predicted molar refractivity (Wildman–Crippen MR) is 105 cm³/mol. The van der Waals surface area contributed by atoms with Gasteiger partial charge in [0.1, 0.15) is 5.75 Å². The maximum absolute atomic E-state index is 13.0. The van der Waals surface area contributed by atoms with Gasteiger partial charge in [0, 0.05) is 30.2 Å². The summed E-state index contributed by atoms with van der Waals surface area (Å²) in [6.45, 7) is 1.54. The Bertz CT molecular complexity index is 948. The SMILES string of the molecule is COc1ccccc1C1C2=C(CCCC2=O)Nc2ccccc2N1C(C)=O. The van der Waals surface area contributed by atoms with Gasteiger partial charge in [0.25, 0.3) is 0 Å². The number of Topliss-reactive ketones (excluding diaryl/α,β-unsaturated/α-hetero) is 1. The molecule has 0 aromatic heterocycles. The number of rotatable bonds is 2. The minimum absolute atomic E-state index is 0.0821. The molecule has 1 amide bonds. The first-order valence-electron chi connectivity index (χ1n) is 9.17. The first-order valence-corrected chi connectivity index (χ1v) is 9.17. The van der Waals surface area contributed by atoms with Crippen molar-refractivity contribution in [3.05, 3.63) is 65.4 Å². The van der Waals surface area contributed by atoms with Gasteiger partial charge in [0.15, 0.2) is 5.78 Å². The van der Waals surface area contributed by atoms with E-state index in [1.807, 2.05) is 48.5 Å². The van der Waals surface area contributed by atoms with Crippen molar-refractivity contribution in [3.63, 3.8) is 0 Å². The molecule has 0 radical (unpaired) electrons. The Morgan fingerprint density at radius 3 is 2.63 bits per heavy atom. The van der Waals surface area contributed by atoms with E-state index in [2.05, 4.69) is 5.32 Å². The van der Waals surface area contributed by atoms with Crippen LogP contribution in [0.1, 0.15) is 37.8 Å². The number of anilines is 2. The number of methoxy groups -OCH3 is 1. The molecule has 0 bridgehead atoms. The summed E-state index contributed by atoms with van der Waals surface area (Å²) >= 11 is 0. The van der Waals surface area contributed by atoms with E-state index in [9.17, 15) is 9.59 Å². The number of nitrogens with zero attached hydrogens (tertiary/aromatic N) is 1. The molecule has 0 spiro atoms. The number of ketones is 1. The van der Waals surface area contributed by atoms with Gasteiger partial charge in [0.2, 0.25) is 5.91 Å². The number of benzene rings is 2. The smallest absolute Gasteiger partial charge is 0.224 e. The Labute approximate surface area is 158 Å². The van der Waals surface area contributed by atoms with Gasteiger partial charge in [-0.15, -0.1) is 0 Å². The Balaban J connectivity index is 2.03. The van der Waals surface area contributed by atoms with Crippen LogP contribution >= 0.6 is 0 Å². The zero-order valence-corrected chi connectivity index (χ0v) is 15.5. The third-order valence-corrected chi connectivity index (χ3v) is 5.21. The zero-order chi connectivity index (χ0) is 19.0. The maximum Gasteiger partial charge on any atom is 0.224 e. The van der Waals surface area contributed by atoms with Gasteiger partial charge in [-0.05, 0) is 31.0 Å². The highest BCUT2D eigenvalue weighted by molar-refractivity contribution is 6.05. The molecule has 0 saturated heterocycles. The normalized spacial score (nSPS) is 19.0. The van der Waals surface area contributed by atoms with Crippen molar-refractivity contribution < 1.29 is 14.3 Å².